The van der Waals surface area contributed by atoms with E-state index in [-0.39, 0.29) is 11.8 Å². The predicted octanol–water partition coefficient (Wildman–Crippen LogP) is 6.06. The molecule has 0 atom stereocenters. The fourth-order valence-electron chi connectivity index (χ4n) is 5.52. The largest absolute Gasteiger partial charge is 0.328 e. The van der Waals surface area contributed by atoms with Crippen molar-refractivity contribution in [2.24, 2.45) is 0 Å². The van der Waals surface area contributed by atoms with E-state index in [1.807, 2.05) is 121 Å². The second kappa shape index (κ2) is 9.95. The molecule has 7 rings (SSSR count). The Morgan fingerprint density at radius 3 is 1.12 bits per heavy atom. The summed E-state index contributed by atoms with van der Waals surface area (Å²) in [5.74, 6) is 3.29. The van der Waals surface area contributed by atoms with Crippen LogP contribution in [0.25, 0.3) is 0 Å². The normalized spacial score (nSPS) is 14.4. The molecule has 2 aromatic carbocycles. The van der Waals surface area contributed by atoms with Crippen molar-refractivity contribution in [3.63, 3.8) is 0 Å². The van der Waals surface area contributed by atoms with Gasteiger partial charge in [0.25, 0.3) is 11.8 Å². The van der Waals surface area contributed by atoms with E-state index in [0.717, 1.165) is 0 Å². The number of pyridine rings is 3. The molecule has 10 nitrogen and oxygen atoms in total. The molecule has 0 saturated carbocycles. The Bertz CT molecular complexity index is 1800. The molecule has 2 amide bonds. The SMILES string of the molecule is CN1c2cccc(n2)N(C)c2cccc(n2)N(C)c2cccc(c2N2C(=O)c3ccccc3C2=O)N(C)c2cccc1n2. The van der Waals surface area contributed by atoms with Crippen LogP contribution in [0, 0.1) is 0 Å². The van der Waals surface area contributed by atoms with E-state index < -0.39 is 0 Å². The monoisotopic (exact) mass is 568 g/mol. The summed E-state index contributed by atoms with van der Waals surface area (Å²) >= 11 is 0. The summed E-state index contributed by atoms with van der Waals surface area (Å²) in [4.78, 5) is 51.4. The van der Waals surface area contributed by atoms with Gasteiger partial charge in [0.15, 0.2) is 0 Å². The van der Waals surface area contributed by atoms with E-state index in [9.17, 15) is 9.59 Å². The number of carbonyl (C=O) groups is 2. The third kappa shape index (κ3) is 4.14. The van der Waals surface area contributed by atoms with Gasteiger partial charge in [-0.25, -0.2) is 19.9 Å². The molecular formula is C33H28N8O2. The van der Waals surface area contributed by atoms with Crippen LogP contribution in [0.4, 0.5) is 52.0 Å². The predicted molar refractivity (Wildman–Crippen MR) is 169 cm³/mol. The van der Waals surface area contributed by atoms with Crippen LogP contribution in [0.3, 0.4) is 0 Å². The zero-order valence-electron chi connectivity index (χ0n) is 24.1. The summed E-state index contributed by atoms with van der Waals surface area (Å²) in [6.07, 6.45) is 0. The van der Waals surface area contributed by atoms with Gasteiger partial charge in [-0.2, -0.15) is 0 Å². The Morgan fingerprint density at radius 1 is 0.419 bits per heavy atom. The van der Waals surface area contributed by atoms with Crippen LogP contribution in [0.15, 0.2) is 97.1 Å². The Balaban J connectivity index is 1.49. The number of aromatic nitrogens is 3. The van der Waals surface area contributed by atoms with Crippen molar-refractivity contribution >= 4 is 63.8 Å². The van der Waals surface area contributed by atoms with Crippen molar-refractivity contribution in [2.75, 3.05) is 52.7 Å². The molecule has 5 aromatic rings. The average Bonchev–Trinajstić information content (AvgIpc) is 3.31. The highest BCUT2D eigenvalue weighted by atomic mass is 16.2. The fourth-order valence-corrected chi connectivity index (χ4v) is 5.52. The highest BCUT2D eigenvalue weighted by Gasteiger charge is 2.40. The first-order chi connectivity index (χ1) is 20.8. The summed E-state index contributed by atoms with van der Waals surface area (Å²) in [6.45, 7) is 0. The third-order valence-electron chi connectivity index (χ3n) is 7.95. The number of nitrogens with zero attached hydrogens (tertiary/aromatic N) is 8. The van der Waals surface area contributed by atoms with E-state index in [1.165, 1.54) is 4.90 Å². The number of para-hydroxylation sites is 1. The molecule has 0 fully saturated rings. The van der Waals surface area contributed by atoms with E-state index in [0.29, 0.717) is 63.1 Å². The van der Waals surface area contributed by atoms with Crippen LogP contribution in [0.2, 0.25) is 0 Å². The van der Waals surface area contributed by atoms with Gasteiger partial charge in [0, 0.05) is 28.2 Å². The standard InChI is InChI=1S/C33H28N8O2/c1-37-23-13-7-14-24(31(23)41-32(42)21-11-5-6-12-22(21)33(41)43)38(2)26-16-9-18-28(35-26)40(4)30-20-10-19-29(36-30)39(3)27-17-8-15-25(37)34-27/h5-20H,1-4H3. The smallest absolute Gasteiger partial charge is 0.266 e. The molecule has 0 unspecified atom stereocenters. The maximum atomic E-state index is 13.9. The number of anilines is 9. The van der Waals surface area contributed by atoms with Gasteiger partial charge in [-0.05, 0) is 60.7 Å². The molecule has 43 heavy (non-hydrogen) atoms. The second-order valence-corrected chi connectivity index (χ2v) is 10.4. The van der Waals surface area contributed by atoms with Crippen LogP contribution < -0.4 is 24.5 Å². The van der Waals surface area contributed by atoms with Crippen molar-refractivity contribution in [1.82, 2.24) is 15.0 Å². The minimum atomic E-state index is -0.377. The van der Waals surface area contributed by atoms with Crippen molar-refractivity contribution in [1.29, 1.82) is 0 Å². The lowest BCUT2D eigenvalue weighted by Crippen LogP contribution is -2.33. The van der Waals surface area contributed by atoms with Crippen molar-refractivity contribution < 1.29 is 9.59 Å². The summed E-state index contributed by atoms with van der Waals surface area (Å²) in [5, 5.41) is 0. The van der Waals surface area contributed by atoms with Crippen molar-refractivity contribution in [3.05, 3.63) is 108 Å². The van der Waals surface area contributed by atoms with E-state index in [2.05, 4.69) is 0 Å². The Hall–Kier alpha value is -5.77. The minimum Gasteiger partial charge on any atom is -0.328 e. The lowest BCUT2D eigenvalue weighted by atomic mass is 10.1. The van der Waals surface area contributed by atoms with Gasteiger partial charge in [-0.1, -0.05) is 36.4 Å². The van der Waals surface area contributed by atoms with E-state index in [4.69, 9.17) is 15.0 Å². The zero-order chi connectivity index (χ0) is 29.8. The maximum Gasteiger partial charge on any atom is 0.266 e. The molecule has 0 aliphatic carbocycles. The zero-order valence-corrected chi connectivity index (χ0v) is 24.1. The second-order valence-electron chi connectivity index (χ2n) is 10.4. The van der Waals surface area contributed by atoms with Crippen LogP contribution in [-0.4, -0.2) is 55.0 Å². The molecule has 0 spiro atoms. The summed E-state index contributed by atoms with van der Waals surface area (Å²) in [6, 6.07) is 29.9. The number of hydrogen-bond donors (Lipinski definition) is 0. The molecule has 2 aliphatic heterocycles. The molecular weight excluding hydrogens is 540 g/mol. The van der Waals surface area contributed by atoms with E-state index >= 15 is 0 Å². The molecule has 5 heterocycles. The third-order valence-corrected chi connectivity index (χ3v) is 7.95. The first kappa shape index (κ1) is 26.1. The summed E-state index contributed by atoms with van der Waals surface area (Å²) in [7, 11) is 7.59. The number of imide groups is 1. The van der Waals surface area contributed by atoms with Gasteiger partial charge in [0.2, 0.25) is 0 Å². The maximum absolute atomic E-state index is 13.9. The Morgan fingerprint density at radius 2 is 0.744 bits per heavy atom. The number of rotatable bonds is 1. The highest BCUT2D eigenvalue weighted by Crippen LogP contribution is 2.45. The molecule has 212 valence electrons. The number of amides is 2. The van der Waals surface area contributed by atoms with Gasteiger partial charge in [0.1, 0.15) is 34.9 Å². The Labute approximate surface area is 249 Å². The molecule has 3 aromatic heterocycles. The average molecular weight is 569 g/mol. The lowest BCUT2D eigenvalue weighted by molar-refractivity contribution is 0.0926. The van der Waals surface area contributed by atoms with Crippen LogP contribution in [0.1, 0.15) is 20.7 Å². The molecule has 0 radical (unpaired) electrons. The quantitative estimate of drug-likeness (QED) is 0.224. The van der Waals surface area contributed by atoms with Crippen molar-refractivity contribution in [3.8, 4) is 0 Å². The highest BCUT2D eigenvalue weighted by molar-refractivity contribution is 6.36. The molecule has 0 N–H and O–H groups in total. The molecule has 0 saturated heterocycles. The molecule has 10 heteroatoms. The summed E-state index contributed by atoms with van der Waals surface area (Å²) < 4.78 is 0. The van der Waals surface area contributed by atoms with Crippen LogP contribution in [0.5, 0.6) is 0 Å². The van der Waals surface area contributed by atoms with Gasteiger partial charge in [0.05, 0.1) is 28.2 Å². The van der Waals surface area contributed by atoms with Crippen molar-refractivity contribution in [2.45, 2.75) is 0 Å². The minimum absolute atomic E-state index is 0.373. The van der Waals surface area contributed by atoms with Crippen LogP contribution >= 0.6 is 0 Å². The number of fused-ring (bicyclic) bond motifs is 9. The topological polar surface area (TPSA) is 89.0 Å². The first-order valence-corrected chi connectivity index (χ1v) is 13.8. The Kier molecular flexibility index (Phi) is 6.05. The molecule has 2 aliphatic rings. The van der Waals surface area contributed by atoms with Gasteiger partial charge >= 0.3 is 0 Å². The van der Waals surface area contributed by atoms with Gasteiger partial charge in [-0.15, -0.1) is 0 Å². The van der Waals surface area contributed by atoms with Crippen LogP contribution in [-0.2, 0) is 0 Å². The number of benzene rings is 2. The van der Waals surface area contributed by atoms with Gasteiger partial charge < -0.3 is 19.6 Å². The number of carbonyl (C=O) groups excluding carboxylic acids is 2. The first-order valence-electron chi connectivity index (χ1n) is 13.8. The molecule has 8 bridgehead atoms. The lowest BCUT2D eigenvalue weighted by Gasteiger charge is -2.31. The fraction of sp³-hybridized carbons (Fsp3) is 0.121. The van der Waals surface area contributed by atoms with E-state index in [1.54, 1.807) is 24.3 Å². The number of hydrogen-bond acceptors (Lipinski definition) is 9. The summed E-state index contributed by atoms with van der Waals surface area (Å²) in [5.41, 5.74) is 2.45. The van der Waals surface area contributed by atoms with Gasteiger partial charge in [-0.3, -0.25) is 9.59 Å².